The van der Waals surface area contributed by atoms with Crippen molar-refractivity contribution in [3.8, 4) is 5.75 Å². The smallest absolute Gasteiger partial charge is 0.312 e. The Bertz CT molecular complexity index is 821. The van der Waals surface area contributed by atoms with Crippen molar-refractivity contribution in [2.24, 2.45) is 4.99 Å². The molecular weight excluding hydrogens is 334 g/mol. The van der Waals surface area contributed by atoms with Crippen LogP contribution in [0, 0.1) is 10.1 Å². The van der Waals surface area contributed by atoms with E-state index in [4.69, 9.17) is 11.6 Å². The van der Waals surface area contributed by atoms with E-state index in [0.717, 1.165) is 6.07 Å². The molecule has 1 amide bonds. The average Bonchev–Trinajstić information content (AvgIpc) is 2.55. The van der Waals surface area contributed by atoms with Crippen LogP contribution in [0.15, 0.2) is 41.4 Å². The molecule has 0 aliphatic carbocycles. The van der Waals surface area contributed by atoms with Crippen molar-refractivity contribution in [1.82, 2.24) is 5.32 Å². The summed E-state index contributed by atoms with van der Waals surface area (Å²) in [5.41, 5.74) is 0.506. The zero-order valence-electron chi connectivity index (χ0n) is 12.7. The number of amides is 1. The fourth-order valence-corrected chi connectivity index (χ4v) is 2.20. The predicted molar refractivity (Wildman–Crippen MR) is 91.5 cm³/mol. The van der Waals surface area contributed by atoms with E-state index in [1.165, 1.54) is 12.3 Å². The highest BCUT2D eigenvalue weighted by molar-refractivity contribution is 6.31. The number of halogens is 1. The molecule has 0 radical (unpaired) electrons. The standard InChI is InChI=1S/C16H14ClN3O4/c1-2-18-16(22)10-4-3-5-13(7-10)19-9-11-6-12(17)8-14(15(11)21)20(23)24/h3-9,21H,2H2,1H3,(H,18,22). The first kappa shape index (κ1) is 17.4. The average molecular weight is 348 g/mol. The summed E-state index contributed by atoms with van der Waals surface area (Å²) in [7, 11) is 0. The predicted octanol–water partition coefficient (Wildman–Crippen LogP) is 3.45. The molecule has 8 heteroatoms. The fourth-order valence-electron chi connectivity index (χ4n) is 1.98. The SMILES string of the molecule is CCNC(=O)c1cccc(N=Cc2cc(Cl)cc([N+](=O)[O-])c2O)c1. The molecule has 0 saturated heterocycles. The maximum absolute atomic E-state index is 11.8. The molecule has 0 fully saturated rings. The highest BCUT2D eigenvalue weighted by Crippen LogP contribution is 2.32. The summed E-state index contributed by atoms with van der Waals surface area (Å²) < 4.78 is 0. The molecule has 0 unspecified atom stereocenters. The van der Waals surface area contributed by atoms with Crippen LogP contribution in [-0.4, -0.2) is 28.7 Å². The van der Waals surface area contributed by atoms with Gasteiger partial charge in [-0.05, 0) is 31.2 Å². The summed E-state index contributed by atoms with van der Waals surface area (Å²) in [5.74, 6) is -0.746. The Labute approximate surface area is 142 Å². The summed E-state index contributed by atoms with van der Waals surface area (Å²) in [5, 5.41) is 23.6. The van der Waals surface area contributed by atoms with Gasteiger partial charge in [-0.15, -0.1) is 0 Å². The maximum Gasteiger partial charge on any atom is 0.312 e. The summed E-state index contributed by atoms with van der Waals surface area (Å²) in [6.07, 6.45) is 1.26. The van der Waals surface area contributed by atoms with E-state index in [-0.39, 0.29) is 16.5 Å². The highest BCUT2D eigenvalue weighted by Gasteiger charge is 2.17. The second-order valence-electron chi connectivity index (χ2n) is 4.79. The molecule has 0 saturated carbocycles. The van der Waals surface area contributed by atoms with Gasteiger partial charge >= 0.3 is 5.69 Å². The minimum atomic E-state index is -0.728. The first-order valence-electron chi connectivity index (χ1n) is 7.01. The van der Waals surface area contributed by atoms with Crippen LogP contribution in [0.2, 0.25) is 5.02 Å². The van der Waals surface area contributed by atoms with Gasteiger partial charge in [-0.3, -0.25) is 19.9 Å². The van der Waals surface area contributed by atoms with Gasteiger partial charge in [-0.25, -0.2) is 0 Å². The first-order chi connectivity index (χ1) is 11.4. The van der Waals surface area contributed by atoms with Gasteiger partial charge in [0.2, 0.25) is 5.75 Å². The number of aliphatic imine (C=N–C) groups is 1. The van der Waals surface area contributed by atoms with Crippen LogP contribution < -0.4 is 5.32 Å². The third kappa shape index (κ3) is 4.08. The van der Waals surface area contributed by atoms with Crippen LogP contribution in [-0.2, 0) is 0 Å². The molecule has 0 aromatic heterocycles. The third-order valence-corrected chi connectivity index (χ3v) is 3.30. The lowest BCUT2D eigenvalue weighted by molar-refractivity contribution is -0.385. The normalized spacial score (nSPS) is 10.8. The molecule has 0 atom stereocenters. The summed E-state index contributed by atoms with van der Waals surface area (Å²) in [6.45, 7) is 2.32. The van der Waals surface area contributed by atoms with Crippen molar-refractivity contribution in [3.05, 3.63) is 62.7 Å². The fraction of sp³-hybridized carbons (Fsp3) is 0.125. The van der Waals surface area contributed by atoms with E-state index < -0.39 is 16.4 Å². The van der Waals surface area contributed by atoms with E-state index >= 15 is 0 Å². The number of carbonyl (C=O) groups is 1. The molecule has 2 N–H and O–H groups in total. The Kier molecular flexibility index (Phi) is 5.49. The highest BCUT2D eigenvalue weighted by atomic mass is 35.5. The van der Waals surface area contributed by atoms with Crippen LogP contribution in [0.25, 0.3) is 0 Å². The molecule has 0 spiro atoms. The van der Waals surface area contributed by atoms with Crippen molar-refractivity contribution in [3.63, 3.8) is 0 Å². The van der Waals surface area contributed by atoms with E-state index in [2.05, 4.69) is 10.3 Å². The van der Waals surface area contributed by atoms with Crippen molar-refractivity contribution in [2.75, 3.05) is 6.54 Å². The van der Waals surface area contributed by atoms with E-state index in [1.54, 1.807) is 24.3 Å². The number of nitro groups is 1. The minimum absolute atomic E-state index is 0.108. The second kappa shape index (κ2) is 7.56. The molecule has 24 heavy (non-hydrogen) atoms. The number of phenols is 1. The molecule has 0 aliphatic heterocycles. The zero-order valence-corrected chi connectivity index (χ0v) is 13.4. The number of nitro benzene ring substituents is 1. The number of rotatable bonds is 5. The van der Waals surface area contributed by atoms with E-state index in [9.17, 15) is 20.0 Å². The molecule has 2 aromatic carbocycles. The summed E-state index contributed by atoms with van der Waals surface area (Å²) in [6, 6.07) is 8.96. The van der Waals surface area contributed by atoms with Gasteiger partial charge in [-0.2, -0.15) is 0 Å². The maximum atomic E-state index is 11.8. The van der Waals surface area contributed by atoms with E-state index in [1.807, 2.05) is 6.92 Å². The monoisotopic (exact) mass is 347 g/mol. The van der Waals surface area contributed by atoms with Crippen LogP contribution in [0.5, 0.6) is 5.75 Å². The van der Waals surface area contributed by atoms with Gasteiger partial charge in [0.15, 0.2) is 0 Å². The quantitative estimate of drug-likeness (QED) is 0.491. The minimum Gasteiger partial charge on any atom is -0.502 e. The number of nitrogens with zero attached hydrogens (tertiary/aromatic N) is 2. The lowest BCUT2D eigenvalue weighted by Gasteiger charge is -2.03. The zero-order chi connectivity index (χ0) is 17.7. The molecule has 2 rings (SSSR count). The number of benzene rings is 2. The van der Waals surface area contributed by atoms with Crippen molar-refractivity contribution >= 4 is 35.1 Å². The Morgan fingerprint density at radius 1 is 1.42 bits per heavy atom. The van der Waals surface area contributed by atoms with Crippen molar-refractivity contribution in [2.45, 2.75) is 6.92 Å². The van der Waals surface area contributed by atoms with Gasteiger partial charge in [-0.1, -0.05) is 17.7 Å². The number of aromatic hydroxyl groups is 1. The molecule has 2 aromatic rings. The van der Waals surface area contributed by atoms with Crippen LogP contribution >= 0.6 is 11.6 Å². The number of hydrogen-bond donors (Lipinski definition) is 2. The Morgan fingerprint density at radius 2 is 2.17 bits per heavy atom. The third-order valence-electron chi connectivity index (χ3n) is 3.08. The molecule has 0 bridgehead atoms. The Balaban J connectivity index is 2.33. The second-order valence-corrected chi connectivity index (χ2v) is 5.22. The van der Waals surface area contributed by atoms with Crippen LogP contribution in [0.4, 0.5) is 11.4 Å². The van der Waals surface area contributed by atoms with Crippen molar-refractivity contribution < 1.29 is 14.8 Å². The topological polar surface area (TPSA) is 105 Å². The van der Waals surface area contributed by atoms with Gasteiger partial charge < -0.3 is 10.4 Å². The van der Waals surface area contributed by atoms with Gasteiger partial charge in [0.1, 0.15) is 0 Å². The largest absolute Gasteiger partial charge is 0.502 e. The van der Waals surface area contributed by atoms with Gasteiger partial charge in [0.25, 0.3) is 5.91 Å². The molecule has 124 valence electrons. The number of nitrogens with one attached hydrogen (secondary N) is 1. The first-order valence-corrected chi connectivity index (χ1v) is 7.39. The van der Waals surface area contributed by atoms with Crippen LogP contribution in [0.1, 0.15) is 22.8 Å². The molecule has 0 aliphatic rings. The van der Waals surface area contributed by atoms with Gasteiger partial charge in [0.05, 0.1) is 10.6 Å². The van der Waals surface area contributed by atoms with Crippen molar-refractivity contribution in [1.29, 1.82) is 0 Å². The number of phenolic OH excluding ortho intramolecular Hbond substituents is 1. The molecular formula is C16H14ClN3O4. The molecule has 7 nitrogen and oxygen atoms in total. The number of hydrogen-bond acceptors (Lipinski definition) is 5. The number of carbonyl (C=O) groups excluding carboxylic acids is 1. The molecule has 0 heterocycles. The lowest BCUT2D eigenvalue weighted by Crippen LogP contribution is -2.22. The van der Waals surface area contributed by atoms with Crippen LogP contribution in [0.3, 0.4) is 0 Å². The Morgan fingerprint density at radius 3 is 2.83 bits per heavy atom. The van der Waals surface area contributed by atoms with Gasteiger partial charge in [0, 0.05) is 35.0 Å². The Hall–Kier alpha value is -2.93. The lowest BCUT2D eigenvalue weighted by atomic mass is 10.1. The summed E-state index contributed by atoms with van der Waals surface area (Å²) >= 11 is 5.82. The summed E-state index contributed by atoms with van der Waals surface area (Å²) in [4.78, 5) is 26.1. The van der Waals surface area contributed by atoms with E-state index in [0.29, 0.717) is 17.8 Å².